The van der Waals surface area contributed by atoms with E-state index in [2.05, 4.69) is 5.32 Å². The van der Waals surface area contributed by atoms with E-state index < -0.39 is 22.8 Å². The Labute approximate surface area is 152 Å². The molecule has 0 unspecified atom stereocenters. The number of thioether (sulfide) groups is 1. The summed E-state index contributed by atoms with van der Waals surface area (Å²) in [4.78, 5) is 12.2. The second-order valence-electron chi connectivity index (χ2n) is 5.38. The Kier molecular flexibility index (Phi) is 5.34. The minimum Gasteiger partial charge on any atom is -0.454 e. The molecule has 0 radical (unpaired) electrons. The summed E-state index contributed by atoms with van der Waals surface area (Å²) in [5.41, 5.74) is 0.694. The van der Waals surface area contributed by atoms with Crippen LogP contribution in [0.2, 0.25) is 5.02 Å². The summed E-state index contributed by atoms with van der Waals surface area (Å²) in [7, 11) is 0. The molecule has 0 saturated heterocycles. The lowest BCUT2D eigenvalue weighted by atomic mass is 10.2. The smallest absolute Gasteiger partial charge is 0.237 e. The molecule has 1 atom stereocenters. The van der Waals surface area contributed by atoms with E-state index in [1.165, 1.54) is 11.8 Å². The van der Waals surface area contributed by atoms with Crippen LogP contribution in [-0.4, -0.2) is 18.0 Å². The number of carbonyl (C=O) groups is 1. The lowest BCUT2D eigenvalue weighted by molar-refractivity contribution is -0.115. The van der Waals surface area contributed by atoms with Crippen molar-refractivity contribution < 1.29 is 23.0 Å². The highest BCUT2D eigenvalue weighted by atomic mass is 35.5. The first-order valence-electron chi connectivity index (χ1n) is 7.39. The van der Waals surface area contributed by atoms with Crippen molar-refractivity contribution in [1.82, 2.24) is 0 Å². The van der Waals surface area contributed by atoms with Crippen LogP contribution in [-0.2, 0) is 10.5 Å². The Morgan fingerprint density at radius 1 is 1.32 bits per heavy atom. The van der Waals surface area contributed by atoms with Gasteiger partial charge in [-0.1, -0.05) is 11.6 Å². The normalized spacial score (nSPS) is 13.6. The van der Waals surface area contributed by atoms with E-state index in [1.54, 1.807) is 19.1 Å². The van der Waals surface area contributed by atoms with Crippen molar-refractivity contribution >= 4 is 35.0 Å². The number of hydrogen-bond donors (Lipinski definition) is 1. The van der Waals surface area contributed by atoms with Crippen LogP contribution in [0.15, 0.2) is 30.3 Å². The SMILES string of the molecule is C[C@@H](SCc1cc(Cl)c2c(c1)OCO2)C(=O)Nc1cc(F)ccc1F. The van der Waals surface area contributed by atoms with Crippen molar-refractivity contribution in [2.45, 2.75) is 17.9 Å². The third-order valence-corrected chi connectivity index (χ3v) is 5.04. The monoisotopic (exact) mass is 385 g/mol. The minimum absolute atomic E-state index is 0.129. The van der Waals surface area contributed by atoms with Crippen LogP contribution in [0.4, 0.5) is 14.5 Å². The van der Waals surface area contributed by atoms with Gasteiger partial charge in [0.2, 0.25) is 12.7 Å². The Balaban J connectivity index is 1.60. The lowest BCUT2D eigenvalue weighted by Crippen LogP contribution is -2.23. The summed E-state index contributed by atoms with van der Waals surface area (Å²) in [5, 5.41) is 2.36. The van der Waals surface area contributed by atoms with Gasteiger partial charge < -0.3 is 14.8 Å². The summed E-state index contributed by atoms with van der Waals surface area (Å²) in [6.07, 6.45) is 0. The van der Waals surface area contributed by atoms with Gasteiger partial charge in [0.1, 0.15) is 11.6 Å². The van der Waals surface area contributed by atoms with Gasteiger partial charge in [0.25, 0.3) is 0 Å². The number of halogens is 3. The Morgan fingerprint density at radius 2 is 2.12 bits per heavy atom. The molecule has 8 heteroatoms. The van der Waals surface area contributed by atoms with Gasteiger partial charge in [-0.2, -0.15) is 0 Å². The molecule has 132 valence electrons. The van der Waals surface area contributed by atoms with E-state index in [-0.39, 0.29) is 12.5 Å². The van der Waals surface area contributed by atoms with Gasteiger partial charge in [-0.05, 0) is 36.8 Å². The van der Waals surface area contributed by atoms with Crippen LogP contribution in [0.25, 0.3) is 0 Å². The molecule has 0 aromatic heterocycles. The number of anilines is 1. The fourth-order valence-corrected chi connectivity index (χ4v) is 3.34. The molecule has 25 heavy (non-hydrogen) atoms. The zero-order valence-corrected chi connectivity index (χ0v) is 14.7. The van der Waals surface area contributed by atoms with Crippen molar-refractivity contribution in [3.63, 3.8) is 0 Å². The molecule has 1 aliphatic rings. The van der Waals surface area contributed by atoms with Crippen LogP contribution in [0, 0.1) is 11.6 Å². The summed E-state index contributed by atoms with van der Waals surface area (Å²) < 4.78 is 37.3. The number of benzene rings is 2. The molecule has 0 saturated carbocycles. The zero-order valence-electron chi connectivity index (χ0n) is 13.1. The highest BCUT2D eigenvalue weighted by molar-refractivity contribution is 7.99. The highest BCUT2D eigenvalue weighted by Gasteiger charge is 2.20. The van der Waals surface area contributed by atoms with E-state index >= 15 is 0 Å². The fraction of sp³-hybridized carbons (Fsp3) is 0.235. The fourth-order valence-electron chi connectivity index (χ4n) is 2.23. The molecule has 0 aliphatic carbocycles. The molecule has 0 spiro atoms. The van der Waals surface area contributed by atoms with Crippen LogP contribution in [0.3, 0.4) is 0 Å². The number of fused-ring (bicyclic) bond motifs is 1. The molecule has 3 rings (SSSR count). The standard InChI is InChI=1S/C17H14ClF2NO3S/c1-9(17(22)21-14-6-11(19)2-3-13(14)20)25-7-10-4-12(18)16-15(5-10)23-8-24-16/h2-6,9H,7-8H2,1H3,(H,21,22)/t9-/m1/s1. The predicted octanol–water partition coefficient (Wildman–Crippen LogP) is 4.61. The lowest BCUT2D eigenvalue weighted by Gasteiger charge is -2.13. The number of carbonyl (C=O) groups excluding carboxylic acids is 1. The molecule has 2 aromatic rings. The second kappa shape index (κ2) is 7.49. The van der Waals surface area contributed by atoms with Crippen molar-refractivity contribution in [3.05, 3.63) is 52.6 Å². The van der Waals surface area contributed by atoms with Crippen molar-refractivity contribution in [3.8, 4) is 11.5 Å². The van der Waals surface area contributed by atoms with E-state index in [9.17, 15) is 13.6 Å². The van der Waals surface area contributed by atoms with Gasteiger partial charge in [-0.3, -0.25) is 4.79 Å². The first-order valence-corrected chi connectivity index (χ1v) is 8.82. The van der Waals surface area contributed by atoms with Crippen molar-refractivity contribution in [2.24, 2.45) is 0 Å². The van der Waals surface area contributed by atoms with E-state index in [4.69, 9.17) is 21.1 Å². The molecule has 1 heterocycles. The summed E-state index contributed by atoms with van der Waals surface area (Å²) in [6.45, 7) is 1.81. The van der Waals surface area contributed by atoms with Crippen LogP contribution in [0.5, 0.6) is 11.5 Å². The third kappa shape index (κ3) is 4.16. The molecule has 1 N–H and O–H groups in total. The molecular weight excluding hydrogens is 372 g/mol. The van der Waals surface area contributed by atoms with Gasteiger partial charge in [0.15, 0.2) is 11.5 Å². The number of hydrogen-bond acceptors (Lipinski definition) is 4. The first-order chi connectivity index (χ1) is 11.9. The summed E-state index contributed by atoms with van der Waals surface area (Å²) >= 11 is 7.46. The zero-order chi connectivity index (χ0) is 18.0. The summed E-state index contributed by atoms with van der Waals surface area (Å²) in [5.74, 6) is -0.135. The maximum absolute atomic E-state index is 13.6. The minimum atomic E-state index is -0.686. The van der Waals surface area contributed by atoms with Gasteiger partial charge in [-0.15, -0.1) is 11.8 Å². The average Bonchev–Trinajstić information content (AvgIpc) is 3.05. The van der Waals surface area contributed by atoms with Gasteiger partial charge in [0, 0.05) is 11.8 Å². The predicted molar refractivity (Wildman–Crippen MR) is 93.3 cm³/mol. The van der Waals surface area contributed by atoms with Gasteiger partial charge in [-0.25, -0.2) is 8.78 Å². The molecule has 0 fully saturated rings. The van der Waals surface area contributed by atoms with Gasteiger partial charge >= 0.3 is 0 Å². The Hall–Kier alpha value is -1.99. The topological polar surface area (TPSA) is 47.6 Å². The number of ether oxygens (including phenoxy) is 2. The van der Waals surface area contributed by atoms with Crippen molar-refractivity contribution in [1.29, 1.82) is 0 Å². The van der Waals surface area contributed by atoms with E-state index in [0.29, 0.717) is 22.3 Å². The van der Waals surface area contributed by atoms with E-state index in [1.807, 2.05) is 0 Å². The van der Waals surface area contributed by atoms with Crippen LogP contribution >= 0.6 is 23.4 Å². The summed E-state index contributed by atoms with van der Waals surface area (Å²) in [6, 6.07) is 6.46. The number of rotatable bonds is 5. The maximum Gasteiger partial charge on any atom is 0.237 e. The molecule has 4 nitrogen and oxygen atoms in total. The Morgan fingerprint density at radius 3 is 2.92 bits per heavy atom. The molecule has 1 amide bonds. The van der Waals surface area contributed by atoms with Crippen LogP contribution in [0.1, 0.15) is 12.5 Å². The highest BCUT2D eigenvalue weighted by Crippen LogP contribution is 2.40. The van der Waals surface area contributed by atoms with Crippen molar-refractivity contribution in [2.75, 3.05) is 12.1 Å². The average molecular weight is 386 g/mol. The first kappa shape index (κ1) is 17.8. The van der Waals surface area contributed by atoms with Gasteiger partial charge in [0.05, 0.1) is 16.0 Å². The number of amides is 1. The Bertz CT molecular complexity index is 819. The maximum atomic E-state index is 13.6. The van der Waals surface area contributed by atoms with E-state index in [0.717, 1.165) is 23.8 Å². The third-order valence-electron chi connectivity index (χ3n) is 3.54. The number of nitrogens with one attached hydrogen (secondary N) is 1. The second-order valence-corrected chi connectivity index (χ2v) is 7.11. The molecular formula is C17H14ClF2NO3S. The van der Waals surface area contributed by atoms with Crippen LogP contribution < -0.4 is 14.8 Å². The largest absolute Gasteiger partial charge is 0.454 e. The molecule has 1 aliphatic heterocycles. The molecule has 0 bridgehead atoms. The molecule has 2 aromatic carbocycles. The quantitative estimate of drug-likeness (QED) is 0.816.